The van der Waals surface area contributed by atoms with Crippen molar-refractivity contribution in [1.82, 2.24) is 10.1 Å². The summed E-state index contributed by atoms with van der Waals surface area (Å²) in [7, 11) is 0. The lowest BCUT2D eigenvalue weighted by molar-refractivity contribution is 0.0739. The van der Waals surface area contributed by atoms with Crippen molar-refractivity contribution in [3.63, 3.8) is 0 Å². The summed E-state index contributed by atoms with van der Waals surface area (Å²) < 4.78 is 16.1. The molecule has 0 radical (unpaired) electrons. The van der Waals surface area contributed by atoms with Gasteiger partial charge in [-0.3, -0.25) is 4.79 Å². The van der Waals surface area contributed by atoms with Crippen LogP contribution in [0.4, 0.5) is 0 Å². The molecule has 4 rings (SSSR count). The Hall–Kier alpha value is -2.80. The first-order chi connectivity index (χ1) is 12.7. The second-order valence-electron chi connectivity index (χ2n) is 5.95. The Morgan fingerprint density at radius 1 is 1.23 bits per heavy atom. The number of nitrogens with zero attached hydrogens (tertiary/aromatic N) is 2. The van der Waals surface area contributed by atoms with Crippen LogP contribution in [0.2, 0.25) is 0 Å². The number of amides is 1. The Balaban J connectivity index is 1.53. The minimum atomic E-state index is -0.0641. The molecule has 3 aromatic rings. The van der Waals surface area contributed by atoms with E-state index < -0.39 is 0 Å². The quantitative estimate of drug-likeness (QED) is 0.651. The number of aromatic nitrogens is 1. The van der Waals surface area contributed by atoms with E-state index in [1.807, 2.05) is 30.5 Å². The standard InChI is InChI=1S/C19H18N2O4S/c1-2-7-21(11-14-10-17(25-20-14)18-4-3-8-26-18)19(22)13-5-6-15-16(9-13)24-12-23-15/h3-6,8-10H,2,7,11-12H2,1H3. The third-order valence-corrected chi connectivity index (χ3v) is 4.96. The number of benzene rings is 1. The van der Waals surface area contributed by atoms with Gasteiger partial charge in [0, 0.05) is 18.2 Å². The molecule has 1 amide bonds. The number of carbonyl (C=O) groups excluding carboxylic acids is 1. The Morgan fingerprint density at radius 2 is 2.12 bits per heavy atom. The van der Waals surface area contributed by atoms with Crippen LogP contribution in [-0.4, -0.2) is 29.3 Å². The molecule has 0 fully saturated rings. The molecule has 0 aliphatic carbocycles. The molecule has 0 spiro atoms. The molecule has 2 aromatic heterocycles. The molecule has 1 aliphatic rings. The summed E-state index contributed by atoms with van der Waals surface area (Å²) >= 11 is 1.59. The minimum absolute atomic E-state index is 0.0641. The van der Waals surface area contributed by atoms with Crippen LogP contribution in [0.5, 0.6) is 11.5 Å². The highest BCUT2D eigenvalue weighted by Gasteiger charge is 2.21. The van der Waals surface area contributed by atoms with Crippen molar-refractivity contribution >= 4 is 17.2 Å². The Bertz CT molecular complexity index is 904. The number of fused-ring (bicyclic) bond motifs is 1. The van der Waals surface area contributed by atoms with E-state index in [0.29, 0.717) is 30.2 Å². The van der Waals surface area contributed by atoms with E-state index in [1.165, 1.54) is 0 Å². The summed E-state index contributed by atoms with van der Waals surface area (Å²) in [6, 6.07) is 11.1. The van der Waals surface area contributed by atoms with Crippen molar-refractivity contribution in [2.75, 3.05) is 13.3 Å². The molecule has 7 heteroatoms. The normalized spacial score (nSPS) is 12.3. The summed E-state index contributed by atoms with van der Waals surface area (Å²) in [5.41, 5.74) is 1.31. The summed E-state index contributed by atoms with van der Waals surface area (Å²) in [5, 5.41) is 6.11. The third kappa shape index (κ3) is 3.30. The van der Waals surface area contributed by atoms with Crippen molar-refractivity contribution < 1.29 is 18.8 Å². The fraction of sp³-hybridized carbons (Fsp3) is 0.263. The van der Waals surface area contributed by atoms with Gasteiger partial charge in [0.2, 0.25) is 6.79 Å². The largest absolute Gasteiger partial charge is 0.454 e. The van der Waals surface area contributed by atoms with Crippen molar-refractivity contribution in [3.05, 3.63) is 53.0 Å². The zero-order valence-electron chi connectivity index (χ0n) is 14.3. The second-order valence-corrected chi connectivity index (χ2v) is 6.90. The van der Waals surface area contributed by atoms with E-state index in [9.17, 15) is 4.79 Å². The predicted octanol–water partition coefficient (Wildman–Crippen LogP) is 4.18. The maximum atomic E-state index is 12.9. The first-order valence-electron chi connectivity index (χ1n) is 8.43. The molecule has 134 valence electrons. The van der Waals surface area contributed by atoms with Gasteiger partial charge in [0.15, 0.2) is 17.3 Å². The number of hydrogen-bond acceptors (Lipinski definition) is 6. The molecule has 0 bridgehead atoms. The lowest BCUT2D eigenvalue weighted by Gasteiger charge is -2.21. The Morgan fingerprint density at radius 3 is 2.92 bits per heavy atom. The van der Waals surface area contributed by atoms with E-state index in [1.54, 1.807) is 34.4 Å². The molecular formula is C19H18N2O4S. The van der Waals surface area contributed by atoms with E-state index >= 15 is 0 Å². The van der Waals surface area contributed by atoms with E-state index in [4.69, 9.17) is 14.0 Å². The van der Waals surface area contributed by atoms with Crippen LogP contribution in [0.25, 0.3) is 10.6 Å². The Kier molecular flexibility index (Phi) is 4.62. The molecule has 0 saturated heterocycles. The van der Waals surface area contributed by atoms with Crippen molar-refractivity contribution in [3.8, 4) is 22.1 Å². The molecule has 6 nitrogen and oxygen atoms in total. The monoisotopic (exact) mass is 370 g/mol. The van der Waals surface area contributed by atoms with Crippen LogP contribution in [0.15, 0.2) is 46.3 Å². The Labute approximate surface area is 154 Å². The fourth-order valence-electron chi connectivity index (χ4n) is 2.85. The van der Waals surface area contributed by atoms with Gasteiger partial charge in [-0.1, -0.05) is 18.1 Å². The number of carbonyl (C=O) groups is 1. The van der Waals surface area contributed by atoms with Gasteiger partial charge < -0.3 is 18.9 Å². The highest BCUT2D eigenvalue weighted by molar-refractivity contribution is 7.13. The molecule has 1 aliphatic heterocycles. The van der Waals surface area contributed by atoms with Gasteiger partial charge >= 0.3 is 0 Å². The maximum Gasteiger partial charge on any atom is 0.254 e. The third-order valence-electron chi connectivity index (χ3n) is 4.08. The average Bonchev–Trinajstić information content (AvgIpc) is 3.40. The van der Waals surface area contributed by atoms with E-state index in [0.717, 1.165) is 22.8 Å². The summed E-state index contributed by atoms with van der Waals surface area (Å²) in [5.74, 6) is 1.93. The smallest absolute Gasteiger partial charge is 0.254 e. The number of rotatable bonds is 6. The molecule has 0 atom stereocenters. The van der Waals surface area contributed by atoms with Crippen LogP contribution < -0.4 is 9.47 Å². The average molecular weight is 370 g/mol. The first kappa shape index (κ1) is 16.7. The molecule has 26 heavy (non-hydrogen) atoms. The van der Waals surface area contributed by atoms with Crippen LogP contribution in [-0.2, 0) is 6.54 Å². The summed E-state index contributed by atoms with van der Waals surface area (Å²) in [6.07, 6.45) is 0.853. The van der Waals surface area contributed by atoms with Gasteiger partial charge in [0.1, 0.15) is 5.69 Å². The van der Waals surface area contributed by atoms with Gasteiger partial charge in [-0.15, -0.1) is 11.3 Å². The lowest BCUT2D eigenvalue weighted by atomic mass is 10.1. The van der Waals surface area contributed by atoms with Gasteiger partial charge in [0.25, 0.3) is 5.91 Å². The summed E-state index contributed by atoms with van der Waals surface area (Å²) in [4.78, 5) is 15.7. The zero-order valence-corrected chi connectivity index (χ0v) is 15.1. The van der Waals surface area contributed by atoms with Crippen molar-refractivity contribution in [2.45, 2.75) is 19.9 Å². The second kappa shape index (κ2) is 7.21. The molecule has 0 N–H and O–H groups in total. The lowest BCUT2D eigenvalue weighted by Crippen LogP contribution is -2.31. The van der Waals surface area contributed by atoms with Gasteiger partial charge in [-0.2, -0.15) is 0 Å². The topological polar surface area (TPSA) is 64.8 Å². The van der Waals surface area contributed by atoms with E-state index in [2.05, 4.69) is 5.16 Å². The minimum Gasteiger partial charge on any atom is -0.454 e. The molecule has 0 unspecified atom stereocenters. The highest BCUT2D eigenvalue weighted by Crippen LogP contribution is 2.33. The molecule has 3 heterocycles. The highest BCUT2D eigenvalue weighted by atomic mass is 32.1. The van der Waals surface area contributed by atoms with Crippen LogP contribution in [0, 0.1) is 0 Å². The van der Waals surface area contributed by atoms with Crippen LogP contribution >= 0.6 is 11.3 Å². The van der Waals surface area contributed by atoms with Crippen LogP contribution in [0.3, 0.4) is 0 Å². The van der Waals surface area contributed by atoms with Crippen molar-refractivity contribution in [2.24, 2.45) is 0 Å². The number of hydrogen-bond donors (Lipinski definition) is 0. The fourth-order valence-corrected chi connectivity index (χ4v) is 3.52. The van der Waals surface area contributed by atoms with Crippen molar-refractivity contribution in [1.29, 1.82) is 0 Å². The molecule has 1 aromatic carbocycles. The van der Waals surface area contributed by atoms with Gasteiger partial charge in [-0.25, -0.2) is 0 Å². The van der Waals surface area contributed by atoms with Crippen LogP contribution in [0.1, 0.15) is 29.4 Å². The van der Waals surface area contributed by atoms with E-state index in [-0.39, 0.29) is 12.7 Å². The molecule has 0 saturated carbocycles. The predicted molar refractivity (Wildman–Crippen MR) is 97.4 cm³/mol. The molecular weight excluding hydrogens is 352 g/mol. The number of ether oxygens (including phenoxy) is 2. The number of thiophene rings is 1. The summed E-state index contributed by atoms with van der Waals surface area (Å²) in [6.45, 7) is 3.26. The zero-order chi connectivity index (χ0) is 17.9. The van der Waals surface area contributed by atoms with Gasteiger partial charge in [-0.05, 0) is 36.1 Å². The first-order valence-corrected chi connectivity index (χ1v) is 9.31. The maximum absolute atomic E-state index is 12.9. The SMILES string of the molecule is CCCN(Cc1cc(-c2cccs2)on1)C(=O)c1ccc2c(c1)OCO2. The van der Waals surface area contributed by atoms with Gasteiger partial charge in [0.05, 0.1) is 11.4 Å².